The predicted molar refractivity (Wildman–Crippen MR) is 130 cm³/mol. The number of amides is 1. The maximum Gasteiger partial charge on any atom is 0.243 e. The van der Waals surface area contributed by atoms with Gasteiger partial charge in [0.2, 0.25) is 15.9 Å². The first-order chi connectivity index (χ1) is 15.9. The smallest absolute Gasteiger partial charge is 0.243 e. The van der Waals surface area contributed by atoms with Crippen LogP contribution in [0.4, 0.5) is 5.69 Å². The van der Waals surface area contributed by atoms with E-state index in [1.54, 1.807) is 30.0 Å². The van der Waals surface area contributed by atoms with E-state index in [1.807, 2.05) is 42.0 Å². The molecule has 1 saturated heterocycles. The van der Waals surface area contributed by atoms with Crippen LogP contribution < -0.4 is 5.32 Å². The van der Waals surface area contributed by atoms with Gasteiger partial charge in [0, 0.05) is 43.1 Å². The van der Waals surface area contributed by atoms with Gasteiger partial charge in [-0.1, -0.05) is 6.07 Å². The summed E-state index contributed by atoms with van der Waals surface area (Å²) in [5.74, 6) is 0.681. The summed E-state index contributed by atoms with van der Waals surface area (Å²) in [6.07, 6.45) is 2.74. The van der Waals surface area contributed by atoms with Gasteiger partial charge >= 0.3 is 0 Å². The molecule has 1 aliphatic rings. The van der Waals surface area contributed by atoms with Crippen LogP contribution in [0.25, 0.3) is 11.0 Å². The molecule has 10 heteroatoms. The van der Waals surface area contributed by atoms with Crippen molar-refractivity contribution in [2.24, 2.45) is 0 Å². The van der Waals surface area contributed by atoms with Gasteiger partial charge in [0.1, 0.15) is 5.82 Å². The number of hydrogen-bond donors (Lipinski definition) is 1. The van der Waals surface area contributed by atoms with Gasteiger partial charge in [-0.05, 0) is 49.6 Å². The summed E-state index contributed by atoms with van der Waals surface area (Å²) in [5.41, 5.74) is 2.25. The van der Waals surface area contributed by atoms with Crippen molar-refractivity contribution in [2.45, 2.75) is 36.1 Å². The molecule has 0 saturated carbocycles. The van der Waals surface area contributed by atoms with Crippen molar-refractivity contribution < 1.29 is 17.9 Å². The largest absolute Gasteiger partial charge is 0.379 e. The number of aryl methyl sites for hydroxylation is 2. The lowest BCUT2D eigenvalue weighted by Crippen LogP contribution is -2.40. The Kier molecular flexibility index (Phi) is 7.38. The second kappa shape index (κ2) is 10.3. The Bertz CT molecular complexity index is 1250. The number of nitrogens with one attached hydrogen (secondary N) is 1. The van der Waals surface area contributed by atoms with Crippen molar-refractivity contribution in [1.29, 1.82) is 0 Å². The van der Waals surface area contributed by atoms with Crippen molar-refractivity contribution in [3.63, 3.8) is 0 Å². The number of morpholine rings is 1. The molecule has 0 radical (unpaired) electrons. The highest BCUT2D eigenvalue weighted by Crippen LogP contribution is 2.24. The van der Waals surface area contributed by atoms with E-state index in [9.17, 15) is 13.2 Å². The average Bonchev–Trinajstić information content (AvgIpc) is 3.20. The fourth-order valence-corrected chi connectivity index (χ4v) is 5.84. The van der Waals surface area contributed by atoms with Crippen LogP contribution in [-0.4, -0.2) is 60.7 Å². The number of thioether (sulfide) groups is 1. The monoisotopic (exact) mass is 488 g/mol. The Morgan fingerprint density at radius 1 is 1.18 bits per heavy atom. The number of nitrogens with zero attached hydrogens (tertiary/aromatic N) is 3. The van der Waals surface area contributed by atoms with E-state index < -0.39 is 10.0 Å². The number of benzene rings is 2. The van der Waals surface area contributed by atoms with Crippen LogP contribution in [0.2, 0.25) is 0 Å². The van der Waals surface area contributed by atoms with Crippen LogP contribution in [0, 0.1) is 0 Å². The van der Waals surface area contributed by atoms with E-state index in [0.29, 0.717) is 44.8 Å². The number of imidazole rings is 1. The number of ether oxygens (including phenoxy) is 1. The summed E-state index contributed by atoms with van der Waals surface area (Å²) in [6.45, 7) is 4.20. The van der Waals surface area contributed by atoms with E-state index in [2.05, 4.69) is 10.3 Å². The molecule has 0 spiro atoms. The predicted octanol–water partition coefficient (Wildman–Crippen LogP) is 3.37. The third-order valence-corrected chi connectivity index (χ3v) is 8.27. The third-order valence-electron chi connectivity index (χ3n) is 5.65. The molecule has 33 heavy (non-hydrogen) atoms. The molecule has 3 aromatic rings. The van der Waals surface area contributed by atoms with Crippen molar-refractivity contribution in [1.82, 2.24) is 13.9 Å². The second-order valence-electron chi connectivity index (χ2n) is 7.72. The molecule has 0 aliphatic carbocycles. The highest BCUT2D eigenvalue weighted by atomic mass is 32.2. The summed E-state index contributed by atoms with van der Waals surface area (Å²) in [5, 5.41) is 2.94. The summed E-state index contributed by atoms with van der Waals surface area (Å²) < 4.78 is 34.8. The summed E-state index contributed by atoms with van der Waals surface area (Å²) in [7, 11) is -3.59. The van der Waals surface area contributed by atoms with Gasteiger partial charge < -0.3 is 14.6 Å². The zero-order chi connectivity index (χ0) is 23.4. The van der Waals surface area contributed by atoms with E-state index in [1.165, 1.54) is 4.31 Å². The van der Waals surface area contributed by atoms with Crippen LogP contribution in [0.1, 0.15) is 19.2 Å². The third kappa shape index (κ3) is 5.24. The van der Waals surface area contributed by atoms with E-state index >= 15 is 0 Å². The normalized spacial score (nSPS) is 15.1. The zero-order valence-electron chi connectivity index (χ0n) is 18.8. The first kappa shape index (κ1) is 23.7. The minimum Gasteiger partial charge on any atom is -0.379 e. The molecule has 0 unspecified atom stereocenters. The fraction of sp³-hybridized carbons (Fsp3) is 0.391. The molecule has 1 amide bonds. The number of carbonyl (C=O) groups is 1. The minimum absolute atomic E-state index is 0.0847. The molecule has 0 atom stereocenters. The number of aromatic nitrogens is 2. The topological polar surface area (TPSA) is 93.5 Å². The van der Waals surface area contributed by atoms with Gasteiger partial charge in [0.25, 0.3) is 0 Å². The molecule has 1 N–H and O–H groups in total. The van der Waals surface area contributed by atoms with Crippen molar-refractivity contribution in [3.05, 3.63) is 48.3 Å². The lowest BCUT2D eigenvalue weighted by Gasteiger charge is -2.26. The first-order valence-electron chi connectivity index (χ1n) is 10.9. The number of anilines is 1. The highest BCUT2D eigenvalue weighted by Gasteiger charge is 2.27. The molecule has 2 aromatic carbocycles. The van der Waals surface area contributed by atoms with E-state index in [0.717, 1.165) is 21.9 Å². The van der Waals surface area contributed by atoms with E-state index in [-0.39, 0.29) is 17.2 Å². The van der Waals surface area contributed by atoms with Gasteiger partial charge in [-0.15, -0.1) is 11.8 Å². The fourth-order valence-electron chi connectivity index (χ4n) is 3.95. The molecule has 0 bridgehead atoms. The molecule has 8 nitrogen and oxygen atoms in total. The van der Waals surface area contributed by atoms with Crippen LogP contribution in [-0.2, 0) is 32.5 Å². The lowest BCUT2D eigenvalue weighted by molar-refractivity contribution is -0.116. The van der Waals surface area contributed by atoms with Gasteiger partial charge in [0.15, 0.2) is 0 Å². The molecule has 1 aromatic heterocycles. The Morgan fingerprint density at radius 2 is 1.97 bits per heavy atom. The van der Waals surface area contributed by atoms with Crippen molar-refractivity contribution in [2.75, 3.05) is 37.9 Å². The Hall–Kier alpha value is -2.40. The maximum absolute atomic E-state index is 13.0. The Balaban J connectivity index is 1.51. The molecule has 1 fully saturated rings. The lowest BCUT2D eigenvalue weighted by atomic mass is 10.2. The standard InChI is InChI=1S/C23H28N4O4S2/c1-3-27-21-8-7-19(33(29,30)26-11-13-31-14-12-26)16-20(21)25-22(27)9-10-23(28)24-17-5-4-6-18(15-17)32-2/h4-8,15-16H,3,9-14H2,1-2H3,(H,24,28). The van der Waals surface area contributed by atoms with Crippen molar-refractivity contribution in [3.8, 4) is 0 Å². The highest BCUT2D eigenvalue weighted by molar-refractivity contribution is 7.98. The summed E-state index contributed by atoms with van der Waals surface area (Å²) >= 11 is 1.62. The second-order valence-corrected chi connectivity index (χ2v) is 10.5. The summed E-state index contributed by atoms with van der Waals surface area (Å²) in [4.78, 5) is 18.5. The summed E-state index contributed by atoms with van der Waals surface area (Å²) in [6, 6.07) is 12.8. The number of carbonyl (C=O) groups excluding carboxylic acids is 1. The van der Waals surface area contributed by atoms with Gasteiger partial charge in [-0.25, -0.2) is 13.4 Å². The van der Waals surface area contributed by atoms with E-state index in [4.69, 9.17) is 4.74 Å². The van der Waals surface area contributed by atoms with Gasteiger partial charge in [-0.2, -0.15) is 4.31 Å². The number of sulfonamides is 1. The van der Waals surface area contributed by atoms with Gasteiger partial charge in [0.05, 0.1) is 29.1 Å². The molecule has 4 rings (SSSR count). The molecular formula is C23H28N4O4S2. The van der Waals surface area contributed by atoms with Gasteiger partial charge in [-0.3, -0.25) is 4.79 Å². The number of rotatable bonds is 8. The Labute approximate surface area is 198 Å². The average molecular weight is 489 g/mol. The molecular weight excluding hydrogens is 460 g/mol. The maximum atomic E-state index is 13.0. The molecule has 1 aliphatic heterocycles. The van der Waals surface area contributed by atoms with Crippen LogP contribution >= 0.6 is 11.8 Å². The SMILES string of the molecule is CCn1c(CCC(=O)Nc2cccc(SC)c2)nc2cc(S(=O)(=O)N3CCOCC3)ccc21. The number of fused-ring (bicyclic) bond motifs is 1. The minimum atomic E-state index is -3.59. The zero-order valence-corrected chi connectivity index (χ0v) is 20.4. The molecule has 2 heterocycles. The van der Waals surface area contributed by atoms with Crippen LogP contribution in [0.15, 0.2) is 52.3 Å². The van der Waals surface area contributed by atoms with Crippen LogP contribution in [0.5, 0.6) is 0 Å². The number of hydrogen-bond acceptors (Lipinski definition) is 6. The molecule has 176 valence electrons. The van der Waals surface area contributed by atoms with Crippen molar-refractivity contribution >= 4 is 44.4 Å². The quantitative estimate of drug-likeness (QED) is 0.489. The van der Waals surface area contributed by atoms with Crippen LogP contribution in [0.3, 0.4) is 0 Å². The first-order valence-corrected chi connectivity index (χ1v) is 13.6. The Morgan fingerprint density at radius 3 is 2.70 bits per heavy atom.